The molecule has 3 aromatic rings. The molecule has 0 spiro atoms. The van der Waals surface area contributed by atoms with Gasteiger partial charge in [-0.3, -0.25) is 9.59 Å². The van der Waals surface area contributed by atoms with E-state index in [1.807, 2.05) is 55.5 Å². The second kappa shape index (κ2) is 8.98. The number of hydrogen-bond acceptors (Lipinski definition) is 4. The van der Waals surface area contributed by atoms with Gasteiger partial charge in [0.05, 0.1) is 11.3 Å². The van der Waals surface area contributed by atoms with E-state index < -0.39 is 0 Å². The molecule has 1 aromatic heterocycles. The molecule has 0 bridgehead atoms. The molecule has 1 unspecified atom stereocenters. The van der Waals surface area contributed by atoms with Gasteiger partial charge in [0.1, 0.15) is 0 Å². The zero-order valence-electron chi connectivity index (χ0n) is 15.4. The summed E-state index contributed by atoms with van der Waals surface area (Å²) in [5.74, 6) is 0.576. The molecule has 2 aromatic carbocycles. The summed E-state index contributed by atoms with van der Waals surface area (Å²) in [4.78, 5) is 24.2. The van der Waals surface area contributed by atoms with E-state index in [2.05, 4.69) is 20.8 Å². The van der Waals surface area contributed by atoms with Crippen molar-refractivity contribution in [1.82, 2.24) is 15.5 Å². The fourth-order valence-electron chi connectivity index (χ4n) is 3.14. The number of carbonyl (C=O) groups is 1. The third-order valence-corrected chi connectivity index (χ3v) is 4.57. The Labute approximate surface area is 158 Å². The molecule has 6 heteroatoms. The largest absolute Gasteiger partial charge is 0.368 e. The van der Waals surface area contributed by atoms with E-state index in [-0.39, 0.29) is 17.4 Å². The summed E-state index contributed by atoms with van der Waals surface area (Å²) < 4.78 is 0. The standard InChI is InChI=1S/C21H24N4O2/c1-2-16(15-9-4-3-5-10-15)20(26)23-14-8-13-22-19-17-11-6-7-12-18(17)21(27)25-24-19/h3-7,9-12,16H,2,8,13-14H2,1H3,(H,22,24)(H,23,26)(H,25,27). The van der Waals surface area contributed by atoms with Crippen molar-refractivity contribution in [2.45, 2.75) is 25.7 Å². The van der Waals surface area contributed by atoms with Gasteiger partial charge in [-0.2, -0.15) is 5.10 Å². The summed E-state index contributed by atoms with van der Waals surface area (Å²) in [6, 6.07) is 17.2. The minimum Gasteiger partial charge on any atom is -0.368 e. The zero-order valence-corrected chi connectivity index (χ0v) is 15.4. The fraction of sp³-hybridized carbons (Fsp3) is 0.286. The molecule has 1 amide bonds. The topological polar surface area (TPSA) is 86.9 Å². The normalized spacial score (nSPS) is 11.9. The van der Waals surface area contributed by atoms with Gasteiger partial charge >= 0.3 is 0 Å². The van der Waals surface area contributed by atoms with Crippen molar-refractivity contribution in [3.63, 3.8) is 0 Å². The summed E-state index contributed by atoms with van der Waals surface area (Å²) >= 11 is 0. The van der Waals surface area contributed by atoms with Crippen LogP contribution < -0.4 is 16.2 Å². The van der Waals surface area contributed by atoms with Crippen LogP contribution in [0.4, 0.5) is 5.82 Å². The summed E-state index contributed by atoms with van der Waals surface area (Å²) in [6.07, 6.45) is 1.52. The minimum absolute atomic E-state index is 0.0521. The first-order valence-corrected chi connectivity index (χ1v) is 9.24. The van der Waals surface area contributed by atoms with E-state index in [1.54, 1.807) is 6.07 Å². The molecule has 0 saturated carbocycles. The number of benzene rings is 2. The number of carbonyl (C=O) groups excluding carboxylic acids is 1. The van der Waals surface area contributed by atoms with Crippen molar-refractivity contribution in [1.29, 1.82) is 0 Å². The van der Waals surface area contributed by atoms with Crippen molar-refractivity contribution >= 4 is 22.5 Å². The van der Waals surface area contributed by atoms with Gasteiger partial charge < -0.3 is 10.6 Å². The molecule has 3 N–H and O–H groups in total. The van der Waals surface area contributed by atoms with Gasteiger partial charge in [-0.15, -0.1) is 0 Å². The summed E-state index contributed by atoms with van der Waals surface area (Å²) in [5.41, 5.74) is 0.842. The summed E-state index contributed by atoms with van der Waals surface area (Å²) in [7, 11) is 0. The van der Waals surface area contributed by atoms with E-state index in [9.17, 15) is 9.59 Å². The van der Waals surface area contributed by atoms with Crippen LogP contribution >= 0.6 is 0 Å². The van der Waals surface area contributed by atoms with Crippen LogP contribution in [0.15, 0.2) is 59.4 Å². The number of amides is 1. The molecule has 3 rings (SSSR count). The predicted octanol–water partition coefficient (Wildman–Crippen LogP) is 3.04. The first-order chi connectivity index (χ1) is 13.2. The maximum atomic E-state index is 12.4. The predicted molar refractivity (Wildman–Crippen MR) is 108 cm³/mol. The highest BCUT2D eigenvalue weighted by molar-refractivity contribution is 5.90. The average molecular weight is 364 g/mol. The van der Waals surface area contributed by atoms with Crippen LogP contribution in [0.5, 0.6) is 0 Å². The maximum absolute atomic E-state index is 12.4. The van der Waals surface area contributed by atoms with E-state index >= 15 is 0 Å². The van der Waals surface area contributed by atoms with Gasteiger partial charge in [0.25, 0.3) is 5.56 Å². The van der Waals surface area contributed by atoms with Gasteiger partial charge in [0, 0.05) is 18.5 Å². The van der Waals surface area contributed by atoms with Gasteiger partial charge in [0.2, 0.25) is 5.91 Å². The Hall–Kier alpha value is -3.15. The van der Waals surface area contributed by atoms with E-state index in [0.717, 1.165) is 23.8 Å². The second-order valence-electron chi connectivity index (χ2n) is 6.39. The van der Waals surface area contributed by atoms with Crippen molar-refractivity contribution in [2.75, 3.05) is 18.4 Å². The number of fused-ring (bicyclic) bond motifs is 1. The van der Waals surface area contributed by atoms with Crippen LogP contribution in [-0.4, -0.2) is 29.2 Å². The molecular weight excluding hydrogens is 340 g/mol. The Kier molecular flexibility index (Phi) is 6.20. The molecule has 1 atom stereocenters. The van der Waals surface area contributed by atoms with E-state index in [0.29, 0.717) is 24.3 Å². The molecular formula is C21H24N4O2. The van der Waals surface area contributed by atoms with Crippen LogP contribution in [0.3, 0.4) is 0 Å². The number of hydrogen-bond donors (Lipinski definition) is 3. The quantitative estimate of drug-likeness (QED) is 0.536. The Morgan fingerprint density at radius 2 is 1.74 bits per heavy atom. The van der Waals surface area contributed by atoms with Gasteiger partial charge in [0.15, 0.2) is 5.82 Å². The molecule has 140 valence electrons. The van der Waals surface area contributed by atoms with Gasteiger partial charge in [-0.1, -0.05) is 55.5 Å². The Morgan fingerprint density at radius 1 is 1.04 bits per heavy atom. The maximum Gasteiger partial charge on any atom is 0.272 e. The summed E-state index contributed by atoms with van der Waals surface area (Å²) in [6.45, 7) is 3.24. The lowest BCUT2D eigenvalue weighted by Crippen LogP contribution is -2.30. The lowest BCUT2D eigenvalue weighted by Gasteiger charge is -2.15. The smallest absolute Gasteiger partial charge is 0.272 e. The number of H-pyrrole nitrogens is 1. The number of anilines is 1. The number of rotatable bonds is 8. The van der Waals surface area contributed by atoms with Crippen LogP contribution in [0.25, 0.3) is 10.8 Å². The number of aromatic nitrogens is 2. The Balaban J connectivity index is 1.50. The van der Waals surface area contributed by atoms with Crippen LogP contribution in [-0.2, 0) is 4.79 Å². The summed E-state index contributed by atoms with van der Waals surface area (Å²) in [5, 5.41) is 14.2. The van der Waals surface area contributed by atoms with E-state index in [1.165, 1.54) is 0 Å². The van der Waals surface area contributed by atoms with Crippen LogP contribution in [0.1, 0.15) is 31.2 Å². The monoisotopic (exact) mass is 364 g/mol. The molecule has 0 saturated heterocycles. The first-order valence-electron chi connectivity index (χ1n) is 9.24. The second-order valence-corrected chi connectivity index (χ2v) is 6.39. The molecule has 0 aliphatic heterocycles. The van der Waals surface area contributed by atoms with Crippen molar-refractivity contribution in [3.05, 3.63) is 70.5 Å². The molecule has 0 aliphatic carbocycles. The number of nitrogens with one attached hydrogen (secondary N) is 3. The highest BCUT2D eigenvalue weighted by atomic mass is 16.2. The van der Waals surface area contributed by atoms with Gasteiger partial charge in [-0.05, 0) is 24.5 Å². The van der Waals surface area contributed by atoms with Crippen molar-refractivity contribution < 1.29 is 4.79 Å². The highest BCUT2D eigenvalue weighted by Crippen LogP contribution is 2.19. The Bertz CT molecular complexity index is 953. The van der Waals surface area contributed by atoms with E-state index in [4.69, 9.17) is 0 Å². The van der Waals surface area contributed by atoms with Crippen molar-refractivity contribution in [2.24, 2.45) is 0 Å². The van der Waals surface area contributed by atoms with Gasteiger partial charge in [-0.25, -0.2) is 5.10 Å². The lowest BCUT2D eigenvalue weighted by atomic mass is 9.96. The average Bonchev–Trinajstić information content (AvgIpc) is 2.71. The number of aromatic amines is 1. The van der Waals surface area contributed by atoms with Crippen LogP contribution in [0, 0.1) is 0 Å². The first kappa shape index (κ1) is 18.6. The molecule has 0 fully saturated rings. The minimum atomic E-state index is -0.199. The molecule has 27 heavy (non-hydrogen) atoms. The highest BCUT2D eigenvalue weighted by Gasteiger charge is 2.17. The molecule has 6 nitrogen and oxygen atoms in total. The molecule has 0 radical (unpaired) electrons. The fourth-order valence-corrected chi connectivity index (χ4v) is 3.14. The Morgan fingerprint density at radius 3 is 2.48 bits per heavy atom. The molecule has 1 heterocycles. The van der Waals surface area contributed by atoms with Crippen molar-refractivity contribution in [3.8, 4) is 0 Å². The van der Waals surface area contributed by atoms with Crippen LogP contribution in [0.2, 0.25) is 0 Å². The zero-order chi connectivity index (χ0) is 19.1. The lowest BCUT2D eigenvalue weighted by molar-refractivity contribution is -0.122. The third kappa shape index (κ3) is 4.53. The number of nitrogens with zero attached hydrogens (tertiary/aromatic N) is 1. The SMILES string of the molecule is CCC(C(=O)NCCCNc1n[nH]c(=O)c2ccccc12)c1ccccc1. The molecule has 0 aliphatic rings. The third-order valence-electron chi connectivity index (χ3n) is 4.57.